The molecule has 3 N–H and O–H groups in total. The second kappa shape index (κ2) is 3.89. The summed E-state index contributed by atoms with van der Waals surface area (Å²) in [6.45, 7) is 0. The van der Waals surface area contributed by atoms with Crippen molar-refractivity contribution in [2.75, 3.05) is 0 Å². The summed E-state index contributed by atoms with van der Waals surface area (Å²) in [5.74, 6) is -2.38. The van der Waals surface area contributed by atoms with E-state index < -0.39 is 17.8 Å². The van der Waals surface area contributed by atoms with E-state index in [0.717, 1.165) is 0 Å². The number of ketones is 1. The lowest BCUT2D eigenvalue weighted by Crippen LogP contribution is -2.47. The van der Waals surface area contributed by atoms with Crippen LogP contribution in [0.2, 0.25) is 0 Å². The Morgan fingerprint density at radius 2 is 1.79 bits per heavy atom. The maximum absolute atomic E-state index is 11.3. The lowest BCUT2D eigenvalue weighted by molar-refractivity contribution is -0.305. The fourth-order valence-electron chi connectivity index (χ4n) is 0.912. The van der Waals surface area contributed by atoms with Crippen LogP contribution in [0.25, 0.3) is 0 Å². The molecular formula is C9H8NO4-. The van der Waals surface area contributed by atoms with Gasteiger partial charge in [-0.15, -0.1) is 0 Å². The lowest BCUT2D eigenvalue weighted by atomic mass is 10.1. The van der Waals surface area contributed by atoms with E-state index in [0.29, 0.717) is 0 Å². The second-order valence-corrected chi connectivity index (χ2v) is 2.71. The number of phenolic OH excluding ortho intramolecular Hbond substituents is 1. The monoisotopic (exact) mass is 194 g/mol. The average Bonchev–Trinajstić information content (AvgIpc) is 2.16. The highest BCUT2D eigenvalue weighted by Gasteiger charge is 2.16. The van der Waals surface area contributed by atoms with E-state index in [4.69, 9.17) is 10.8 Å². The van der Waals surface area contributed by atoms with Gasteiger partial charge in [0.1, 0.15) is 11.8 Å². The first-order chi connectivity index (χ1) is 6.52. The number of carboxylic acid groups (broad SMARTS) is 1. The van der Waals surface area contributed by atoms with E-state index in [2.05, 4.69) is 0 Å². The van der Waals surface area contributed by atoms with Crippen LogP contribution in [-0.4, -0.2) is 22.9 Å². The molecule has 0 radical (unpaired) electrons. The van der Waals surface area contributed by atoms with Crippen molar-refractivity contribution in [2.24, 2.45) is 5.73 Å². The standard InChI is InChI=1S/C9H9NO4/c10-7(9(13)14)8(12)5-1-3-6(11)4-2-5/h1-4,7,11H,10H2,(H,13,14)/p-1/t7-/m0/s1. The molecule has 0 unspecified atom stereocenters. The van der Waals surface area contributed by atoms with Crippen LogP contribution in [0.5, 0.6) is 5.75 Å². The van der Waals surface area contributed by atoms with Crippen LogP contribution >= 0.6 is 0 Å². The van der Waals surface area contributed by atoms with Crippen LogP contribution in [0.1, 0.15) is 10.4 Å². The third-order valence-corrected chi connectivity index (χ3v) is 1.69. The quantitative estimate of drug-likeness (QED) is 0.457. The van der Waals surface area contributed by atoms with Crippen molar-refractivity contribution in [1.29, 1.82) is 0 Å². The Balaban J connectivity index is 2.90. The highest BCUT2D eigenvalue weighted by molar-refractivity contribution is 6.10. The van der Waals surface area contributed by atoms with Crippen molar-refractivity contribution in [3.63, 3.8) is 0 Å². The van der Waals surface area contributed by atoms with E-state index in [9.17, 15) is 14.7 Å². The van der Waals surface area contributed by atoms with Gasteiger partial charge in [0.05, 0.1) is 5.97 Å². The first kappa shape index (κ1) is 10.2. The number of hydrogen-bond donors (Lipinski definition) is 2. The average molecular weight is 194 g/mol. The van der Waals surface area contributed by atoms with Gasteiger partial charge < -0.3 is 20.7 Å². The van der Waals surface area contributed by atoms with Crippen LogP contribution < -0.4 is 10.8 Å². The number of hydrogen-bond acceptors (Lipinski definition) is 5. The minimum Gasteiger partial charge on any atom is -0.548 e. The predicted molar refractivity (Wildman–Crippen MR) is 45.4 cm³/mol. The zero-order valence-electron chi connectivity index (χ0n) is 7.14. The Morgan fingerprint density at radius 3 is 2.21 bits per heavy atom. The minimum atomic E-state index is -1.67. The first-order valence-corrected chi connectivity index (χ1v) is 3.82. The lowest BCUT2D eigenvalue weighted by Gasteiger charge is -2.10. The van der Waals surface area contributed by atoms with Crippen LogP contribution in [0, 0.1) is 0 Å². The van der Waals surface area contributed by atoms with Crippen molar-refractivity contribution < 1.29 is 19.8 Å². The van der Waals surface area contributed by atoms with Gasteiger partial charge in [-0.3, -0.25) is 4.79 Å². The maximum Gasteiger partial charge on any atom is 0.185 e. The highest BCUT2D eigenvalue weighted by Crippen LogP contribution is 2.10. The molecule has 0 saturated heterocycles. The van der Waals surface area contributed by atoms with Crippen molar-refractivity contribution >= 4 is 11.8 Å². The van der Waals surface area contributed by atoms with Crippen LogP contribution in [0.3, 0.4) is 0 Å². The minimum absolute atomic E-state index is 0.0106. The highest BCUT2D eigenvalue weighted by atomic mass is 16.4. The number of benzene rings is 1. The molecule has 14 heavy (non-hydrogen) atoms. The van der Waals surface area contributed by atoms with Gasteiger partial charge in [0.25, 0.3) is 0 Å². The SMILES string of the molecule is N[C@H](C(=O)[O-])C(=O)c1ccc(O)cc1. The Bertz CT molecular complexity index is 358. The normalized spacial score (nSPS) is 12.1. The fourth-order valence-corrected chi connectivity index (χ4v) is 0.912. The summed E-state index contributed by atoms with van der Waals surface area (Å²) in [6, 6.07) is 3.46. The number of Topliss-reactive ketones (excluding diaryl/α,β-unsaturated/α-hetero) is 1. The number of carbonyl (C=O) groups is 2. The van der Waals surface area contributed by atoms with Gasteiger partial charge in [-0.1, -0.05) is 0 Å². The third kappa shape index (κ3) is 2.08. The van der Waals surface area contributed by atoms with Crippen molar-refractivity contribution in [3.8, 4) is 5.75 Å². The van der Waals surface area contributed by atoms with Gasteiger partial charge in [0.15, 0.2) is 5.78 Å². The van der Waals surface area contributed by atoms with E-state index in [1.807, 2.05) is 0 Å². The number of carboxylic acids is 1. The topological polar surface area (TPSA) is 103 Å². The van der Waals surface area contributed by atoms with Gasteiger partial charge in [0, 0.05) is 5.56 Å². The molecule has 1 rings (SSSR count). The Kier molecular flexibility index (Phi) is 2.83. The van der Waals surface area contributed by atoms with E-state index >= 15 is 0 Å². The number of aromatic hydroxyl groups is 1. The van der Waals surface area contributed by atoms with Crippen LogP contribution in [-0.2, 0) is 4.79 Å². The van der Waals surface area contributed by atoms with Crippen molar-refractivity contribution in [2.45, 2.75) is 6.04 Å². The second-order valence-electron chi connectivity index (χ2n) is 2.71. The largest absolute Gasteiger partial charge is 0.548 e. The Labute approximate surface area is 79.8 Å². The number of aliphatic carboxylic acids is 1. The fraction of sp³-hybridized carbons (Fsp3) is 0.111. The van der Waals surface area contributed by atoms with Gasteiger partial charge in [-0.05, 0) is 24.3 Å². The molecule has 74 valence electrons. The molecule has 0 aliphatic carbocycles. The molecule has 1 aromatic carbocycles. The molecule has 0 bridgehead atoms. The molecule has 0 spiro atoms. The number of nitrogens with two attached hydrogens (primary N) is 1. The summed E-state index contributed by atoms with van der Waals surface area (Å²) in [4.78, 5) is 21.5. The van der Waals surface area contributed by atoms with Gasteiger partial charge in [-0.2, -0.15) is 0 Å². The molecule has 0 aliphatic rings. The maximum atomic E-state index is 11.3. The van der Waals surface area contributed by atoms with Gasteiger partial charge in [0.2, 0.25) is 0 Å². The summed E-state index contributed by atoms with van der Waals surface area (Å²) in [6.07, 6.45) is 0. The first-order valence-electron chi connectivity index (χ1n) is 3.82. The smallest absolute Gasteiger partial charge is 0.185 e. The van der Waals surface area contributed by atoms with Gasteiger partial charge in [-0.25, -0.2) is 0 Å². The molecule has 0 aromatic heterocycles. The van der Waals surface area contributed by atoms with Crippen molar-refractivity contribution in [1.82, 2.24) is 0 Å². The van der Waals surface area contributed by atoms with E-state index in [-0.39, 0.29) is 11.3 Å². The molecule has 1 atom stereocenters. The third-order valence-electron chi connectivity index (χ3n) is 1.69. The summed E-state index contributed by atoms with van der Waals surface area (Å²) in [5.41, 5.74) is 5.18. The van der Waals surface area contributed by atoms with E-state index in [1.165, 1.54) is 24.3 Å². The molecule has 0 aliphatic heterocycles. The number of rotatable bonds is 3. The zero-order valence-corrected chi connectivity index (χ0v) is 7.14. The summed E-state index contributed by atoms with van der Waals surface area (Å²) in [7, 11) is 0. The molecule has 5 heteroatoms. The number of carbonyl (C=O) groups excluding carboxylic acids is 2. The summed E-state index contributed by atoms with van der Waals surface area (Å²) in [5, 5.41) is 19.2. The molecule has 0 saturated carbocycles. The molecule has 0 heterocycles. The Hall–Kier alpha value is -1.88. The molecular weight excluding hydrogens is 186 g/mol. The van der Waals surface area contributed by atoms with Gasteiger partial charge >= 0.3 is 0 Å². The molecule has 0 fully saturated rings. The van der Waals surface area contributed by atoms with E-state index in [1.54, 1.807) is 0 Å². The van der Waals surface area contributed by atoms with Crippen LogP contribution in [0.15, 0.2) is 24.3 Å². The summed E-state index contributed by atoms with van der Waals surface area (Å²) < 4.78 is 0. The number of phenols is 1. The Morgan fingerprint density at radius 1 is 1.29 bits per heavy atom. The predicted octanol–water partition coefficient (Wildman–Crippen LogP) is -1.35. The molecule has 0 amide bonds. The van der Waals surface area contributed by atoms with Crippen LogP contribution in [0.4, 0.5) is 0 Å². The molecule has 5 nitrogen and oxygen atoms in total. The summed E-state index contributed by atoms with van der Waals surface area (Å²) >= 11 is 0. The molecule has 1 aromatic rings. The zero-order chi connectivity index (χ0) is 10.7. The van der Waals surface area contributed by atoms with Crippen molar-refractivity contribution in [3.05, 3.63) is 29.8 Å².